The molecule has 2 aromatic rings. The third-order valence-electron chi connectivity index (χ3n) is 1.67. The Morgan fingerprint density at radius 2 is 2.25 bits per heavy atom. The average molecular weight is 164 g/mol. The molecule has 0 atom stereocenters. The summed E-state index contributed by atoms with van der Waals surface area (Å²) in [6.45, 7) is 1.83. The van der Waals surface area contributed by atoms with Crippen LogP contribution in [0.15, 0.2) is 17.3 Å². The zero-order chi connectivity index (χ0) is 8.72. The first-order chi connectivity index (χ1) is 5.68. The number of rotatable bonds is 0. The van der Waals surface area contributed by atoms with Gasteiger partial charge in [0, 0.05) is 7.05 Å². The number of aryl methyl sites for hydroxylation is 2. The fourth-order valence-electron chi connectivity index (χ4n) is 1.06. The zero-order valence-corrected chi connectivity index (χ0v) is 6.85. The molecular formula is C7H8N4O. The molecule has 0 aliphatic rings. The van der Waals surface area contributed by atoms with Crippen molar-refractivity contribution in [2.75, 3.05) is 0 Å². The van der Waals surface area contributed by atoms with Crippen molar-refractivity contribution in [3.8, 4) is 0 Å². The Balaban J connectivity index is 2.99. The second-order valence-corrected chi connectivity index (χ2v) is 2.70. The lowest BCUT2D eigenvalue weighted by Crippen LogP contribution is -2.19. The molecule has 0 spiro atoms. The summed E-state index contributed by atoms with van der Waals surface area (Å²) in [5.74, 6) is 0. The van der Waals surface area contributed by atoms with Gasteiger partial charge < -0.3 is 0 Å². The van der Waals surface area contributed by atoms with Crippen molar-refractivity contribution >= 4 is 5.65 Å². The average Bonchev–Trinajstić information content (AvgIpc) is 2.39. The third kappa shape index (κ3) is 0.827. The Morgan fingerprint density at radius 1 is 1.50 bits per heavy atom. The quantitative estimate of drug-likeness (QED) is 0.539. The van der Waals surface area contributed by atoms with E-state index in [0.29, 0.717) is 5.65 Å². The van der Waals surface area contributed by atoms with Gasteiger partial charge in [-0.2, -0.15) is 5.10 Å². The molecule has 0 aliphatic carbocycles. The number of fused-ring (bicyclic) bond motifs is 1. The minimum absolute atomic E-state index is 0.127. The summed E-state index contributed by atoms with van der Waals surface area (Å²) < 4.78 is 2.89. The smallest absolute Gasteiger partial charge is 0.296 e. The van der Waals surface area contributed by atoms with Gasteiger partial charge in [-0.05, 0) is 6.92 Å². The fourth-order valence-corrected chi connectivity index (χ4v) is 1.06. The van der Waals surface area contributed by atoms with Crippen LogP contribution in [0.1, 0.15) is 5.69 Å². The molecule has 5 heteroatoms. The maximum absolute atomic E-state index is 11.4. The molecule has 0 saturated heterocycles. The topological polar surface area (TPSA) is 52.2 Å². The number of hydrogen-bond acceptors (Lipinski definition) is 3. The summed E-state index contributed by atoms with van der Waals surface area (Å²) in [4.78, 5) is 15.4. The molecule has 0 N–H and O–H groups in total. The van der Waals surface area contributed by atoms with E-state index >= 15 is 0 Å². The van der Waals surface area contributed by atoms with Crippen molar-refractivity contribution in [1.29, 1.82) is 0 Å². The van der Waals surface area contributed by atoms with Crippen LogP contribution in [0.25, 0.3) is 5.65 Å². The highest BCUT2D eigenvalue weighted by Crippen LogP contribution is 1.94. The van der Waals surface area contributed by atoms with Gasteiger partial charge in [0.15, 0.2) is 0 Å². The van der Waals surface area contributed by atoms with Gasteiger partial charge in [0.05, 0.1) is 11.9 Å². The Kier molecular flexibility index (Phi) is 1.27. The molecule has 5 nitrogen and oxygen atoms in total. The molecule has 2 aromatic heterocycles. The van der Waals surface area contributed by atoms with Crippen LogP contribution < -0.4 is 5.56 Å². The van der Waals surface area contributed by atoms with E-state index in [9.17, 15) is 4.79 Å². The molecule has 0 saturated carbocycles. The van der Waals surface area contributed by atoms with Gasteiger partial charge in [-0.1, -0.05) is 0 Å². The van der Waals surface area contributed by atoms with E-state index in [2.05, 4.69) is 10.1 Å². The Morgan fingerprint density at radius 3 is 3.00 bits per heavy atom. The van der Waals surface area contributed by atoms with E-state index in [-0.39, 0.29) is 5.56 Å². The molecule has 0 radical (unpaired) electrons. The highest BCUT2D eigenvalue weighted by Gasteiger charge is 2.03. The maximum Gasteiger partial charge on any atom is 0.296 e. The Labute approximate surface area is 68.3 Å². The molecular weight excluding hydrogens is 156 g/mol. The zero-order valence-electron chi connectivity index (χ0n) is 6.85. The van der Waals surface area contributed by atoms with Gasteiger partial charge in [0.2, 0.25) is 5.65 Å². The highest BCUT2D eigenvalue weighted by molar-refractivity contribution is 5.34. The lowest BCUT2D eigenvalue weighted by Gasteiger charge is -1.94. The maximum atomic E-state index is 11.4. The van der Waals surface area contributed by atoms with Crippen molar-refractivity contribution in [3.05, 3.63) is 28.6 Å². The van der Waals surface area contributed by atoms with E-state index in [0.717, 1.165) is 5.69 Å². The van der Waals surface area contributed by atoms with E-state index in [1.54, 1.807) is 13.2 Å². The van der Waals surface area contributed by atoms with E-state index < -0.39 is 0 Å². The molecule has 2 rings (SSSR count). The molecule has 0 aromatic carbocycles. The first-order valence-corrected chi connectivity index (χ1v) is 3.56. The molecule has 0 fully saturated rings. The lowest BCUT2D eigenvalue weighted by atomic mass is 10.6. The first-order valence-electron chi connectivity index (χ1n) is 3.56. The van der Waals surface area contributed by atoms with Gasteiger partial charge >= 0.3 is 0 Å². The number of imidazole rings is 1. The SMILES string of the molecule is Cc1cn2ncn(C)c(=O)c2n1. The monoisotopic (exact) mass is 164 g/mol. The van der Waals surface area contributed by atoms with Gasteiger partial charge in [0.25, 0.3) is 5.56 Å². The number of nitrogens with zero attached hydrogens (tertiary/aromatic N) is 4. The molecule has 0 unspecified atom stereocenters. The van der Waals surface area contributed by atoms with Crippen molar-refractivity contribution in [2.45, 2.75) is 6.92 Å². The summed E-state index contributed by atoms with van der Waals surface area (Å²) in [5.41, 5.74) is 1.04. The second kappa shape index (κ2) is 2.17. The summed E-state index contributed by atoms with van der Waals surface area (Å²) in [5, 5.41) is 3.98. The Hall–Kier alpha value is -1.65. The van der Waals surface area contributed by atoms with Gasteiger partial charge in [-0.15, -0.1) is 0 Å². The minimum Gasteiger partial charge on any atom is -0.298 e. The van der Waals surface area contributed by atoms with E-state index in [1.165, 1.54) is 15.4 Å². The van der Waals surface area contributed by atoms with Crippen LogP contribution in [0, 0.1) is 6.92 Å². The molecule has 0 amide bonds. The molecule has 12 heavy (non-hydrogen) atoms. The standard InChI is InChI=1S/C7H8N4O/c1-5-3-11-6(9-5)7(12)10(2)4-8-11/h3-4H,1-2H3. The van der Waals surface area contributed by atoms with E-state index in [4.69, 9.17) is 0 Å². The first kappa shape index (κ1) is 7.02. The highest BCUT2D eigenvalue weighted by atomic mass is 16.1. The third-order valence-corrected chi connectivity index (χ3v) is 1.67. The Bertz CT molecular complexity index is 482. The van der Waals surface area contributed by atoms with Crippen LogP contribution in [0.4, 0.5) is 0 Å². The van der Waals surface area contributed by atoms with Crippen LogP contribution in [-0.2, 0) is 7.05 Å². The van der Waals surface area contributed by atoms with Crippen LogP contribution in [0.2, 0.25) is 0 Å². The molecule has 2 heterocycles. The lowest BCUT2D eigenvalue weighted by molar-refractivity contribution is 0.760. The predicted molar refractivity (Wildman–Crippen MR) is 43.0 cm³/mol. The van der Waals surface area contributed by atoms with Crippen LogP contribution in [0.3, 0.4) is 0 Å². The van der Waals surface area contributed by atoms with Gasteiger partial charge in [0.1, 0.15) is 6.33 Å². The largest absolute Gasteiger partial charge is 0.298 e. The van der Waals surface area contributed by atoms with Crippen molar-refractivity contribution in [3.63, 3.8) is 0 Å². The summed E-state index contributed by atoms with van der Waals surface area (Å²) in [6, 6.07) is 0. The van der Waals surface area contributed by atoms with Gasteiger partial charge in [-0.25, -0.2) is 9.50 Å². The summed E-state index contributed by atoms with van der Waals surface area (Å²) in [6.07, 6.45) is 3.19. The number of aromatic nitrogens is 4. The minimum atomic E-state index is -0.127. The number of hydrogen-bond donors (Lipinski definition) is 0. The summed E-state index contributed by atoms with van der Waals surface area (Å²) >= 11 is 0. The van der Waals surface area contributed by atoms with Gasteiger partial charge in [-0.3, -0.25) is 9.36 Å². The fraction of sp³-hybridized carbons (Fsp3) is 0.286. The summed E-state index contributed by atoms with van der Waals surface area (Å²) in [7, 11) is 1.65. The molecule has 0 aliphatic heterocycles. The molecule has 62 valence electrons. The van der Waals surface area contributed by atoms with Crippen molar-refractivity contribution < 1.29 is 0 Å². The van der Waals surface area contributed by atoms with Crippen LogP contribution in [-0.4, -0.2) is 19.2 Å². The second-order valence-electron chi connectivity index (χ2n) is 2.70. The molecule has 0 bridgehead atoms. The van der Waals surface area contributed by atoms with Crippen molar-refractivity contribution in [2.24, 2.45) is 7.05 Å². The van der Waals surface area contributed by atoms with E-state index in [1.807, 2.05) is 6.92 Å². The predicted octanol–water partition coefficient (Wildman–Crippen LogP) is -0.264. The van der Waals surface area contributed by atoms with Crippen molar-refractivity contribution in [1.82, 2.24) is 19.2 Å². The van der Waals surface area contributed by atoms with Crippen LogP contribution in [0.5, 0.6) is 0 Å². The van der Waals surface area contributed by atoms with Crippen LogP contribution >= 0.6 is 0 Å². The normalized spacial score (nSPS) is 10.8.